The molecule has 1 aromatic carbocycles. The number of benzene rings is 1. The van der Waals surface area contributed by atoms with Crippen LogP contribution < -0.4 is 0 Å². The zero-order chi connectivity index (χ0) is 11.5. The van der Waals surface area contributed by atoms with E-state index in [2.05, 4.69) is 4.74 Å². The Morgan fingerprint density at radius 3 is 2.40 bits per heavy atom. The van der Waals surface area contributed by atoms with E-state index >= 15 is 0 Å². The number of alkyl halides is 3. The van der Waals surface area contributed by atoms with Gasteiger partial charge in [0, 0.05) is 12.7 Å². The minimum absolute atomic E-state index is 0.220. The van der Waals surface area contributed by atoms with E-state index in [1.807, 2.05) is 0 Å². The van der Waals surface area contributed by atoms with E-state index in [1.165, 1.54) is 24.5 Å². The van der Waals surface area contributed by atoms with Crippen LogP contribution in [0.5, 0.6) is 0 Å². The summed E-state index contributed by atoms with van der Waals surface area (Å²) in [5.41, 5.74) is -1.09. The van der Waals surface area contributed by atoms with Crippen molar-refractivity contribution in [3.63, 3.8) is 0 Å². The molecule has 0 bridgehead atoms. The average Bonchev–Trinajstić information content (AvgIpc) is 2.19. The van der Waals surface area contributed by atoms with E-state index < -0.39 is 17.8 Å². The van der Waals surface area contributed by atoms with Crippen molar-refractivity contribution in [2.75, 3.05) is 7.11 Å². The number of ether oxygens (including phenoxy) is 1. The Labute approximate surface area is 84.7 Å². The smallest absolute Gasteiger partial charge is 0.368 e. The number of methoxy groups -OCH3 is 1. The Bertz CT molecular complexity index is 347. The molecule has 1 aromatic rings. The van der Waals surface area contributed by atoms with Gasteiger partial charge in [-0.25, -0.2) is 0 Å². The van der Waals surface area contributed by atoms with Gasteiger partial charge in [0.2, 0.25) is 6.29 Å². The van der Waals surface area contributed by atoms with E-state index in [-0.39, 0.29) is 5.56 Å². The summed E-state index contributed by atoms with van der Waals surface area (Å²) in [7, 11) is 1.16. The van der Waals surface area contributed by atoms with Crippen LogP contribution in [0.2, 0.25) is 0 Å². The van der Waals surface area contributed by atoms with Crippen LogP contribution >= 0.6 is 0 Å². The highest BCUT2D eigenvalue weighted by Crippen LogP contribution is 2.34. The average molecular weight is 217 g/mol. The minimum Gasteiger partial charge on any atom is -0.368 e. The molecule has 0 aliphatic rings. The summed E-state index contributed by atoms with van der Waals surface area (Å²) in [6, 6.07) is 4.76. The number of hydrogen-bond donors (Lipinski definition) is 0. The Hall–Kier alpha value is -1.36. The highest BCUT2D eigenvalue weighted by atomic mass is 19.4. The van der Waals surface area contributed by atoms with Crippen LogP contribution in [0.1, 0.15) is 17.2 Å². The molecule has 0 aromatic heterocycles. The van der Waals surface area contributed by atoms with Crippen molar-refractivity contribution in [2.45, 2.75) is 12.3 Å². The molecule has 0 aliphatic carbocycles. The van der Waals surface area contributed by atoms with Crippen molar-refractivity contribution in [3.05, 3.63) is 35.4 Å². The molecule has 0 heterocycles. The lowest BCUT2D eigenvalue weighted by molar-refractivity contribution is -0.138. The lowest BCUT2D eigenvalue weighted by Crippen LogP contribution is -2.13. The van der Waals surface area contributed by atoms with E-state index in [0.717, 1.165) is 13.2 Å². The molecule has 1 unspecified atom stereocenters. The van der Waals surface area contributed by atoms with Gasteiger partial charge >= 0.3 is 6.18 Å². The third-order valence-electron chi connectivity index (χ3n) is 1.89. The third kappa shape index (κ3) is 2.56. The van der Waals surface area contributed by atoms with Gasteiger partial charge in [0.25, 0.3) is 0 Å². The standard InChI is InChI=1S/C10H8F3O2/c1-15-9(6-14)7-4-2-3-5-8(7)10(11,12)13/h2-5,9H,1H3. The van der Waals surface area contributed by atoms with Crippen LogP contribution in [-0.4, -0.2) is 13.4 Å². The van der Waals surface area contributed by atoms with Gasteiger partial charge in [-0.05, 0) is 6.07 Å². The second-order valence-corrected chi connectivity index (χ2v) is 2.82. The fraction of sp³-hybridized carbons (Fsp3) is 0.300. The van der Waals surface area contributed by atoms with Gasteiger partial charge in [-0.1, -0.05) is 18.2 Å². The summed E-state index contributed by atoms with van der Waals surface area (Å²) in [5.74, 6) is 0. The lowest BCUT2D eigenvalue weighted by Gasteiger charge is -2.15. The summed E-state index contributed by atoms with van der Waals surface area (Å²) < 4.78 is 42.1. The molecule has 0 N–H and O–H groups in total. The van der Waals surface area contributed by atoms with Crippen LogP contribution in [0.15, 0.2) is 24.3 Å². The molecule has 1 atom stereocenters. The second-order valence-electron chi connectivity index (χ2n) is 2.82. The summed E-state index contributed by atoms with van der Waals surface area (Å²) in [6.07, 6.45) is -4.39. The zero-order valence-corrected chi connectivity index (χ0v) is 7.84. The Morgan fingerprint density at radius 1 is 1.33 bits per heavy atom. The molecule has 0 aliphatic heterocycles. The van der Waals surface area contributed by atoms with Crippen LogP contribution in [0.25, 0.3) is 0 Å². The molecule has 1 rings (SSSR count). The minimum atomic E-state index is -4.50. The van der Waals surface area contributed by atoms with Gasteiger partial charge in [-0.15, -0.1) is 0 Å². The monoisotopic (exact) mass is 217 g/mol. The number of carbonyl (C=O) groups excluding carboxylic acids is 1. The Morgan fingerprint density at radius 2 is 1.93 bits per heavy atom. The largest absolute Gasteiger partial charge is 0.416 e. The molecule has 0 amide bonds. The van der Waals surface area contributed by atoms with Crippen molar-refractivity contribution in [3.8, 4) is 0 Å². The molecule has 5 heteroatoms. The Balaban J connectivity index is 3.22. The molecule has 15 heavy (non-hydrogen) atoms. The molecule has 2 nitrogen and oxygen atoms in total. The SMILES string of the molecule is COC([C]=O)c1ccccc1C(F)(F)F. The summed E-state index contributed by atoms with van der Waals surface area (Å²) in [6.45, 7) is 0. The van der Waals surface area contributed by atoms with Crippen LogP contribution in [0, 0.1) is 0 Å². The molecule has 0 saturated heterocycles. The highest BCUT2D eigenvalue weighted by Gasteiger charge is 2.35. The Kier molecular flexibility index (Phi) is 3.47. The van der Waals surface area contributed by atoms with Gasteiger partial charge in [0.1, 0.15) is 6.10 Å². The summed E-state index contributed by atoms with van der Waals surface area (Å²) >= 11 is 0. The normalized spacial score (nSPS) is 13.6. The van der Waals surface area contributed by atoms with Crippen LogP contribution in [0.3, 0.4) is 0 Å². The molecule has 0 saturated carbocycles. The fourth-order valence-corrected chi connectivity index (χ4v) is 1.22. The lowest BCUT2D eigenvalue weighted by atomic mass is 10.0. The number of rotatable bonds is 3. The molecule has 0 spiro atoms. The second kappa shape index (κ2) is 4.44. The maximum Gasteiger partial charge on any atom is 0.416 e. The summed E-state index contributed by atoms with van der Waals surface area (Å²) in [4.78, 5) is 10.4. The molecule has 81 valence electrons. The zero-order valence-electron chi connectivity index (χ0n) is 7.84. The molecular weight excluding hydrogens is 209 g/mol. The van der Waals surface area contributed by atoms with E-state index in [1.54, 1.807) is 0 Å². The summed E-state index contributed by atoms with van der Waals surface area (Å²) in [5, 5.41) is 0. The fourth-order valence-electron chi connectivity index (χ4n) is 1.22. The first-order chi connectivity index (χ1) is 7.00. The molecule has 0 fully saturated rings. The van der Waals surface area contributed by atoms with E-state index in [0.29, 0.717) is 0 Å². The predicted octanol–water partition coefficient (Wildman–Crippen LogP) is 2.50. The first-order valence-electron chi connectivity index (χ1n) is 4.07. The van der Waals surface area contributed by atoms with Crippen molar-refractivity contribution >= 4 is 6.29 Å². The topological polar surface area (TPSA) is 26.3 Å². The van der Waals surface area contributed by atoms with Crippen molar-refractivity contribution in [2.24, 2.45) is 0 Å². The van der Waals surface area contributed by atoms with Gasteiger partial charge in [-0.3, -0.25) is 4.79 Å². The first kappa shape index (κ1) is 11.7. The van der Waals surface area contributed by atoms with Crippen molar-refractivity contribution in [1.82, 2.24) is 0 Å². The van der Waals surface area contributed by atoms with E-state index in [9.17, 15) is 18.0 Å². The number of halogens is 3. The van der Waals surface area contributed by atoms with Crippen molar-refractivity contribution < 1.29 is 22.7 Å². The maximum absolute atomic E-state index is 12.5. The van der Waals surface area contributed by atoms with Gasteiger partial charge in [-0.2, -0.15) is 13.2 Å². The van der Waals surface area contributed by atoms with Crippen LogP contribution in [0.4, 0.5) is 13.2 Å². The molecular formula is C10H8F3O2. The van der Waals surface area contributed by atoms with Crippen molar-refractivity contribution in [1.29, 1.82) is 0 Å². The quantitative estimate of drug-likeness (QED) is 0.777. The van der Waals surface area contributed by atoms with Crippen LogP contribution in [-0.2, 0) is 15.7 Å². The van der Waals surface area contributed by atoms with Gasteiger partial charge in [0.15, 0.2) is 0 Å². The first-order valence-corrected chi connectivity index (χ1v) is 4.07. The van der Waals surface area contributed by atoms with Gasteiger partial charge in [0.05, 0.1) is 5.56 Å². The number of hydrogen-bond acceptors (Lipinski definition) is 2. The maximum atomic E-state index is 12.5. The third-order valence-corrected chi connectivity index (χ3v) is 1.89. The highest BCUT2D eigenvalue weighted by molar-refractivity contribution is 5.62. The van der Waals surface area contributed by atoms with E-state index in [4.69, 9.17) is 0 Å². The predicted molar refractivity (Wildman–Crippen MR) is 46.9 cm³/mol. The molecule has 1 radical (unpaired) electrons. The van der Waals surface area contributed by atoms with Gasteiger partial charge < -0.3 is 4.74 Å².